The molecule has 3 rings (SSSR count). The van der Waals surface area contributed by atoms with Crippen molar-refractivity contribution in [3.63, 3.8) is 0 Å². The Morgan fingerprint density at radius 2 is 1.96 bits per heavy atom. The van der Waals surface area contributed by atoms with Crippen molar-refractivity contribution in [2.45, 2.75) is 25.6 Å². The highest BCUT2D eigenvalue weighted by Gasteiger charge is 2.36. The highest BCUT2D eigenvalue weighted by Crippen LogP contribution is 2.32. The van der Waals surface area contributed by atoms with Crippen LogP contribution in [0.2, 0.25) is 0 Å². The highest BCUT2D eigenvalue weighted by atomic mass is 32.2. The van der Waals surface area contributed by atoms with Gasteiger partial charge in [0.05, 0.1) is 30.7 Å². The topological polar surface area (TPSA) is 64.4 Å². The van der Waals surface area contributed by atoms with Gasteiger partial charge in [0.2, 0.25) is 10.0 Å². The molecule has 130 valence electrons. The van der Waals surface area contributed by atoms with Crippen LogP contribution in [-0.2, 0) is 27.6 Å². The maximum atomic E-state index is 13.0. The summed E-state index contributed by atoms with van der Waals surface area (Å²) in [5.74, 6) is 0.00268. The summed E-state index contributed by atoms with van der Waals surface area (Å²) in [5, 5.41) is 4.43. The van der Waals surface area contributed by atoms with Gasteiger partial charge in [-0.2, -0.15) is 9.40 Å². The molecule has 24 heavy (non-hydrogen) atoms. The maximum Gasteiger partial charge on any atom is 0.219 e. The Balaban J connectivity index is 1.95. The second-order valence-electron chi connectivity index (χ2n) is 6.15. The number of hydrogen-bond acceptors (Lipinski definition) is 4. The third-order valence-corrected chi connectivity index (χ3v) is 6.38. The smallest absolute Gasteiger partial charge is 0.219 e. The van der Waals surface area contributed by atoms with Crippen molar-refractivity contribution in [1.82, 2.24) is 14.1 Å². The van der Waals surface area contributed by atoms with Crippen molar-refractivity contribution < 1.29 is 13.2 Å². The molecule has 1 atom stereocenters. The van der Waals surface area contributed by atoms with Crippen molar-refractivity contribution in [3.8, 4) is 0 Å². The second kappa shape index (κ2) is 6.66. The zero-order chi connectivity index (χ0) is 17.3. The van der Waals surface area contributed by atoms with E-state index in [9.17, 15) is 8.42 Å². The molecular formula is C17H23N3O3S. The summed E-state index contributed by atoms with van der Waals surface area (Å²) in [7, 11) is -1.57. The fourth-order valence-corrected chi connectivity index (χ4v) is 4.97. The Morgan fingerprint density at radius 3 is 2.58 bits per heavy atom. The molecule has 1 aromatic heterocycles. The molecule has 0 radical (unpaired) electrons. The molecule has 1 aliphatic rings. The van der Waals surface area contributed by atoms with E-state index < -0.39 is 10.0 Å². The van der Waals surface area contributed by atoms with Gasteiger partial charge in [-0.25, -0.2) is 8.42 Å². The molecule has 1 saturated heterocycles. The Morgan fingerprint density at radius 1 is 1.25 bits per heavy atom. The van der Waals surface area contributed by atoms with Gasteiger partial charge >= 0.3 is 0 Å². The van der Waals surface area contributed by atoms with E-state index in [0.717, 1.165) is 22.5 Å². The van der Waals surface area contributed by atoms with E-state index in [2.05, 4.69) is 5.10 Å². The van der Waals surface area contributed by atoms with E-state index in [1.54, 1.807) is 8.99 Å². The van der Waals surface area contributed by atoms with Crippen LogP contribution in [0.25, 0.3) is 0 Å². The standard InChI is InChI=1S/C17H23N3O3S/c1-13-17(14(2)19(3)18-13)16-11-23-10-9-20(16)24(21,22)12-15-7-5-4-6-8-15/h4-8,16H,9-12H2,1-3H3/t16-/m1/s1. The number of aryl methyl sites for hydroxylation is 2. The molecule has 0 aliphatic carbocycles. The van der Waals surface area contributed by atoms with E-state index >= 15 is 0 Å². The van der Waals surface area contributed by atoms with Crippen molar-refractivity contribution in [2.75, 3.05) is 19.8 Å². The number of morpholine rings is 1. The second-order valence-corrected chi connectivity index (χ2v) is 8.07. The average Bonchev–Trinajstić information content (AvgIpc) is 2.80. The Labute approximate surface area is 143 Å². The summed E-state index contributed by atoms with van der Waals surface area (Å²) in [4.78, 5) is 0. The van der Waals surface area contributed by atoms with Crippen LogP contribution in [-0.4, -0.2) is 42.3 Å². The monoisotopic (exact) mass is 349 g/mol. The molecule has 0 amide bonds. The summed E-state index contributed by atoms with van der Waals surface area (Å²) in [6, 6.07) is 8.96. The van der Waals surface area contributed by atoms with E-state index in [0.29, 0.717) is 19.8 Å². The molecule has 2 heterocycles. The summed E-state index contributed by atoms with van der Waals surface area (Å²) in [6.45, 7) is 5.03. The van der Waals surface area contributed by atoms with E-state index in [-0.39, 0.29) is 11.8 Å². The lowest BCUT2D eigenvalue weighted by Gasteiger charge is -2.35. The third-order valence-electron chi connectivity index (χ3n) is 4.53. The van der Waals surface area contributed by atoms with Crippen molar-refractivity contribution >= 4 is 10.0 Å². The molecule has 6 nitrogen and oxygen atoms in total. The molecule has 0 saturated carbocycles. The Bertz CT molecular complexity index is 815. The van der Waals surface area contributed by atoms with Crippen LogP contribution >= 0.6 is 0 Å². The van der Waals surface area contributed by atoms with Crippen molar-refractivity contribution in [3.05, 3.63) is 52.8 Å². The van der Waals surface area contributed by atoms with Gasteiger partial charge in [-0.05, 0) is 19.4 Å². The summed E-state index contributed by atoms with van der Waals surface area (Å²) >= 11 is 0. The van der Waals surface area contributed by atoms with Crippen LogP contribution in [0.15, 0.2) is 30.3 Å². The average molecular weight is 349 g/mol. The molecule has 0 bridgehead atoms. The number of ether oxygens (including phenoxy) is 1. The Kier molecular flexibility index (Phi) is 4.76. The molecule has 1 aliphatic heterocycles. The molecule has 2 aromatic rings. The molecule has 0 spiro atoms. The predicted octanol–water partition coefficient (Wildman–Crippen LogP) is 1.94. The first-order valence-electron chi connectivity index (χ1n) is 8.01. The van der Waals surface area contributed by atoms with Gasteiger partial charge in [0.25, 0.3) is 0 Å². The fraction of sp³-hybridized carbons (Fsp3) is 0.471. The number of hydrogen-bond donors (Lipinski definition) is 0. The molecule has 7 heteroatoms. The highest BCUT2D eigenvalue weighted by molar-refractivity contribution is 7.88. The zero-order valence-corrected chi connectivity index (χ0v) is 15.1. The lowest BCUT2D eigenvalue weighted by Crippen LogP contribution is -2.44. The molecule has 1 fully saturated rings. The minimum atomic E-state index is -3.44. The molecule has 0 unspecified atom stereocenters. The number of benzene rings is 1. The third kappa shape index (κ3) is 3.24. The van der Waals surface area contributed by atoms with Crippen molar-refractivity contribution in [1.29, 1.82) is 0 Å². The van der Waals surface area contributed by atoms with Gasteiger partial charge in [-0.15, -0.1) is 0 Å². The van der Waals surface area contributed by atoms with Gasteiger partial charge in [0, 0.05) is 24.8 Å². The molecule has 1 aromatic carbocycles. The SMILES string of the molecule is Cc1nn(C)c(C)c1[C@H]1COCCN1S(=O)(=O)Cc1ccccc1. The quantitative estimate of drug-likeness (QED) is 0.846. The lowest BCUT2D eigenvalue weighted by molar-refractivity contribution is 0.0315. The molecule has 0 N–H and O–H groups in total. The number of sulfonamides is 1. The minimum Gasteiger partial charge on any atom is -0.378 e. The van der Waals surface area contributed by atoms with Gasteiger partial charge in [-0.3, -0.25) is 4.68 Å². The molecular weight excluding hydrogens is 326 g/mol. The van der Waals surface area contributed by atoms with E-state index in [1.165, 1.54) is 0 Å². The zero-order valence-electron chi connectivity index (χ0n) is 14.3. The van der Waals surface area contributed by atoms with Crippen LogP contribution in [0.5, 0.6) is 0 Å². The Hall–Kier alpha value is -1.70. The number of rotatable bonds is 4. The maximum absolute atomic E-state index is 13.0. The van der Waals surface area contributed by atoms with Crippen LogP contribution in [0.1, 0.15) is 28.6 Å². The largest absolute Gasteiger partial charge is 0.378 e. The van der Waals surface area contributed by atoms with E-state index in [4.69, 9.17) is 4.74 Å². The minimum absolute atomic E-state index is 0.00268. The van der Waals surface area contributed by atoms with Gasteiger partial charge < -0.3 is 4.74 Å². The fourth-order valence-electron chi connectivity index (χ4n) is 3.29. The van der Waals surface area contributed by atoms with Gasteiger partial charge in [0.15, 0.2) is 0 Å². The van der Waals surface area contributed by atoms with Crippen LogP contribution in [0.3, 0.4) is 0 Å². The number of aromatic nitrogens is 2. The lowest BCUT2D eigenvalue weighted by atomic mass is 10.0. The first-order valence-corrected chi connectivity index (χ1v) is 9.62. The van der Waals surface area contributed by atoms with Gasteiger partial charge in [-0.1, -0.05) is 30.3 Å². The number of nitrogens with zero attached hydrogens (tertiary/aromatic N) is 3. The summed E-state index contributed by atoms with van der Waals surface area (Å²) < 4.78 is 35.0. The first kappa shape index (κ1) is 17.1. The predicted molar refractivity (Wildman–Crippen MR) is 92.0 cm³/mol. The summed E-state index contributed by atoms with van der Waals surface area (Å²) in [6.07, 6.45) is 0. The van der Waals surface area contributed by atoms with E-state index in [1.807, 2.05) is 51.2 Å². The normalized spacial score (nSPS) is 19.5. The first-order chi connectivity index (χ1) is 11.4. The summed E-state index contributed by atoms with van der Waals surface area (Å²) in [5.41, 5.74) is 3.57. The van der Waals surface area contributed by atoms with Crippen LogP contribution in [0.4, 0.5) is 0 Å². The van der Waals surface area contributed by atoms with Crippen LogP contribution < -0.4 is 0 Å². The van der Waals surface area contributed by atoms with Crippen molar-refractivity contribution in [2.24, 2.45) is 7.05 Å². The van der Waals surface area contributed by atoms with Crippen LogP contribution in [0, 0.1) is 13.8 Å². The van der Waals surface area contributed by atoms with Gasteiger partial charge in [0.1, 0.15) is 0 Å².